The van der Waals surface area contributed by atoms with Crippen LogP contribution in [0.3, 0.4) is 0 Å². The van der Waals surface area contributed by atoms with Crippen molar-refractivity contribution in [1.29, 1.82) is 0 Å². The molecule has 0 aromatic carbocycles. The second-order valence-corrected chi connectivity index (χ2v) is 6.83. The molecule has 7 nitrogen and oxygen atoms in total. The van der Waals surface area contributed by atoms with Gasteiger partial charge < -0.3 is 9.26 Å². The molecule has 0 spiro atoms. The molecule has 0 radical (unpaired) electrons. The van der Waals surface area contributed by atoms with Crippen molar-refractivity contribution in [1.82, 2.24) is 14.4 Å². The van der Waals surface area contributed by atoms with Crippen molar-refractivity contribution < 1.29 is 17.7 Å². The Bertz CT molecular complexity index is 514. The highest BCUT2D eigenvalue weighted by Gasteiger charge is 2.28. The predicted octanol–water partition coefficient (Wildman–Crippen LogP) is 0.709. The molecular weight excluding hydrogens is 270 g/mol. The van der Waals surface area contributed by atoms with Gasteiger partial charge >= 0.3 is 0 Å². The van der Waals surface area contributed by atoms with Crippen molar-refractivity contribution in [2.75, 3.05) is 18.8 Å². The highest BCUT2D eigenvalue weighted by Crippen LogP contribution is 2.17. The Balaban J connectivity index is 1.88. The Kier molecular flexibility index (Phi) is 4.54. The first-order chi connectivity index (χ1) is 9.01. The number of nitrogens with zero attached hydrogens (tertiary/aromatic N) is 3. The normalized spacial score (nSPS) is 21.7. The molecule has 1 saturated heterocycles. The molecule has 0 bridgehead atoms. The SMILES string of the molecule is CCS(=O)(=O)N1CCCC(OCc2nc(C)no2)C1. The second-order valence-electron chi connectivity index (χ2n) is 4.57. The summed E-state index contributed by atoms with van der Waals surface area (Å²) < 4.78 is 35.7. The summed E-state index contributed by atoms with van der Waals surface area (Å²) >= 11 is 0. The third kappa shape index (κ3) is 3.74. The molecule has 1 aliphatic rings. The quantitative estimate of drug-likeness (QED) is 0.793. The number of hydrogen-bond acceptors (Lipinski definition) is 6. The summed E-state index contributed by atoms with van der Waals surface area (Å²) in [7, 11) is -3.13. The van der Waals surface area contributed by atoms with Gasteiger partial charge in [0.2, 0.25) is 10.0 Å². The van der Waals surface area contributed by atoms with Crippen molar-refractivity contribution in [2.45, 2.75) is 39.4 Å². The minimum Gasteiger partial charge on any atom is -0.367 e. The van der Waals surface area contributed by atoms with Crippen LogP contribution in [0.4, 0.5) is 0 Å². The van der Waals surface area contributed by atoms with Crippen LogP contribution >= 0.6 is 0 Å². The van der Waals surface area contributed by atoms with Crippen LogP contribution in [0.15, 0.2) is 4.52 Å². The first-order valence-electron chi connectivity index (χ1n) is 6.40. The first kappa shape index (κ1) is 14.4. The lowest BCUT2D eigenvalue weighted by Gasteiger charge is -2.31. The van der Waals surface area contributed by atoms with Gasteiger partial charge in [0.1, 0.15) is 6.61 Å². The molecule has 2 rings (SSSR count). The highest BCUT2D eigenvalue weighted by molar-refractivity contribution is 7.89. The van der Waals surface area contributed by atoms with Crippen LogP contribution in [0.5, 0.6) is 0 Å². The third-order valence-electron chi connectivity index (χ3n) is 3.11. The summed E-state index contributed by atoms with van der Waals surface area (Å²) in [4.78, 5) is 4.04. The molecule has 8 heteroatoms. The van der Waals surface area contributed by atoms with Crippen molar-refractivity contribution in [3.05, 3.63) is 11.7 Å². The van der Waals surface area contributed by atoms with E-state index in [1.54, 1.807) is 13.8 Å². The Hall–Kier alpha value is -0.990. The standard InChI is InChI=1S/C11H19N3O4S/c1-3-19(15,16)14-6-4-5-10(7-14)17-8-11-12-9(2)13-18-11/h10H,3-8H2,1-2H3. The number of hydrogen-bond donors (Lipinski definition) is 0. The Morgan fingerprint density at radius 2 is 2.32 bits per heavy atom. The molecule has 1 fully saturated rings. The monoisotopic (exact) mass is 289 g/mol. The fourth-order valence-corrected chi connectivity index (χ4v) is 3.23. The van der Waals surface area contributed by atoms with E-state index in [0.717, 1.165) is 12.8 Å². The number of aryl methyl sites for hydroxylation is 1. The summed E-state index contributed by atoms with van der Waals surface area (Å²) in [5.41, 5.74) is 0. The van der Waals surface area contributed by atoms with Crippen LogP contribution in [0, 0.1) is 6.92 Å². The van der Waals surface area contributed by atoms with E-state index in [-0.39, 0.29) is 18.5 Å². The lowest BCUT2D eigenvalue weighted by molar-refractivity contribution is -0.00293. The Morgan fingerprint density at radius 3 is 2.95 bits per heavy atom. The number of sulfonamides is 1. The van der Waals surface area contributed by atoms with Crippen LogP contribution in [-0.4, -0.2) is 47.8 Å². The average Bonchev–Trinajstić information content (AvgIpc) is 2.82. The van der Waals surface area contributed by atoms with Gasteiger partial charge in [-0.1, -0.05) is 5.16 Å². The topological polar surface area (TPSA) is 85.5 Å². The number of rotatable bonds is 5. The van der Waals surface area contributed by atoms with E-state index in [4.69, 9.17) is 9.26 Å². The molecule has 2 heterocycles. The van der Waals surface area contributed by atoms with Gasteiger partial charge in [0.25, 0.3) is 5.89 Å². The average molecular weight is 289 g/mol. The molecule has 0 amide bonds. The number of ether oxygens (including phenoxy) is 1. The molecule has 1 aliphatic heterocycles. The van der Waals surface area contributed by atoms with Gasteiger partial charge in [0.15, 0.2) is 5.82 Å². The maximum Gasteiger partial charge on any atom is 0.252 e. The Labute approximate surface area is 113 Å². The minimum absolute atomic E-state index is 0.109. The minimum atomic E-state index is -3.13. The van der Waals surface area contributed by atoms with Gasteiger partial charge in [-0.25, -0.2) is 8.42 Å². The maximum atomic E-state index is 11.8. The summed E-state index contributed by atoms with van der Waals surface area (Å²) in [5.74, 6) is 1.12. The lowest BCUT2D eigenvalue weighted by atomic mass is 10.1. The van der Waals surface area contributed by atoms with Gasteiger partial charge in [0.05, 0.1) is 11.9 Å². The first-order valence-corrected chi connectivity index (χ1v) is 8.01. The van der Waals surface area contributed by atoms with Crippen LogP contribution in [0.1, 0.15) is 31.5 Å². The largest absolute Gasteiger partial charge is 0.367 e. The fraction of sp³-hybridized carbons (Fsp3) is 0.818. The van der Waals surface area contributed by atoms with Gasteiger partial charge in [-0.05, 0) is 26.7 Å². The molecule has 1 unspecified atom stereocenters. The molecule has 1 aromatic rings. The summed E-state index contributed by atoms with van der Waals surface area (Å²) in [5, 5.41) is 3.68. The molecule has 19 heavy (non-hydrogen) atoms. The van der Waals surface area contributed by atoms with E-state index in [2.05, 4.69) is 10.1 Å². The summed E-state index contributed by atoms with van der Waals surface area (Å²) in [6.07, 6.45) is 1.55. The second kappa shape index (κ2) is 5.98. The van der Waals surface area contributed by atoms with Gasteiger partial charge in [-0.2, -0.15) is 9.29 Å². The van der Waals surface area contributed by atoms with Crippen LogP contribution in [0.25, 0.3) is 0 Å². The van der Waals surface area contributed by atoms with Gasteiger partial charge in [-0.3, -0.25) is 0 Å². The lowest BCUT2D eigenvalue weighted by Crippen LogP contribution is -2.43. The maximum absolute atomic E-state index is 11.8. The van der Waals surface area contributed by atoms with Crippen molar-refractivity contribution in [2.24, 2.45) is 0 Å². The smallest absolute Gasteiger partial charge is 0.252 e. The van der Waals surface area contributed by atoms with Crippen molar-refractivity contribution in [3.8, 4) is 0 Å². The Morgan fingerprint density at radius 1 is 1.53 bits per heavy atom. The molecular formula is C11H19N3O4S. The van der Waals surface area contributed by atoms with E-state index in [9.17, 15) is 8.42 Å². The third-order valence-corrected chi connectivity index (χ3v) is 4.96. The highest BCUT2D eigenvalue weighted by atomic mass is 32.2. The molecule has 0 N–H and O–H groups in total. The van der Waals surface area contributed by atoms with Gasteiger partial charge in [-0.15, -0.1) is 0 Å². The zero-order chi connectivity index (χ0) is 13.9. The van der Waals surface area contributed by atoms with Crippen LogP contribution in [-0.2, 0) is 21.4 Å². The molecule has 108 valence electrons. The van der Waals surface area contributed by atoms with Gasteiger partial charge in [0, 0.05) is 13.1 Å². The molecule has 0 aliphatic carbocycles. The zero-order valence-corrected chi connectivity index (χ0v) is 12.0. The number of piperidine rings is 1. The van der Waals surface area contributed by atoms with Crippen molar-refractivity contribution in [3.63, 3.8) is 0 Å². The van der Waals surface area contributed by atoms with E-state index in [0.29, 0.717) is 24.8 Å². The van der Waals surface area contributed by atoms with E-state index >= 15 is 0 Å². The molecule has 1 atom stereocenters. The predicted molar refractivity (Wildman–Crippen MR) is 67.9 cm³/mol. The fourth-order valence-electron chi connectivity index (χ4n) is 2.06. The summed E-state index contributed by atoms with van der Waals surface area (Å²) in [6.45, 7) is 4.61. The van der Waals surface area contributed by atoms with E-state index in [1.165, 1.54) is 4.31 Å². The summed E-state index contributed by atoms with van der Waals surface area (Å²) in [6, 6.07) is 0. The van der Waals surface area contributed by atoms with E-state index in [1.807, 2.05) is 0 Å². The number of aromatic nitrogens is 2. The zero-order valence-electron chi connectivity index (χ0n) is 11.2. The van der Waals surface area contributed by atoms with Crippen LogP contribution in [0.2, 0.25) is 0 Å². The van der Waals surface area contributed by atoms with E-state index < -0.39 is 10.0 Å². The molecule has 1 aromatic heterocycles. The van der Waals surface area contributed by atoms with Crippen molar-refractivity contribution >= 4 is 10.0 Å². The molecule has 0 saturated carbocycles. The van der Waals surface area contributed by atoms with Crippen LogP contribution < -0.4 is 0 Å².